The van der Waals surface area contributed by atoms with Gasteiger partial charge in [-0.3, -0.25) is 4.79 Å². The van der Waals surface area contributed by atoms with E-state index in [1.165, 1.54) is 13.1 Å². The molecule has 0 aromatic carbocycles. The second kappa shape index (κ2) is 6.48. The van der Waals surface area contributed by atoms with Crippen LogP contribution in [0, 0.1) is 0 Å². The monoisotopic (exact) mass is 274 g/mol. The molecule has 0 radical (unpaired) electrons. The Bertz CT molecular complexity index is 430. The van der Waals surface area contributed by atoms with Crippen molar-refractivity contribution >= 4 is 23.3 Å². The van der Waals surface area contributed by atoms with Crippen molar-refractivity contribution in [2.24, 2.45) is 0 Å². The highest BCUT2D eigenvalue weighted by molar-refractivity contribution is 6.31. The van der Waals surface area contributed by atoms with Gasteiger partial charge in [-0.25, -0.2) is 9.97 Å². The zero-order valence-corrected chi connectivity index (χ0v) is 10.6. The van der Waals surface area contributed by atoms with Crippen LogP contribution in [-0.2, 0) is 4.79 Å². The van der Waals surface area contributed by atoms with Gasteiger partial charge in [0.25, 0.3) is 0 Å². The molecule has 1 aromatic heterocycles. The van der Waals surface area contributed by atoms with Crippen LogP contribution < -0.4 is 11.1 Å². The van der Waals surface area contributed by atoms with E-state index in [0.717, 1.165) is 0 Å². The van der Waals surface area contributed by atoms with Gasteiger partial charge in [0.1, 0.15) is 6.10 Å². The van der Waals surface area contributed by atoms with E-state index >= 15 is 0 Å². The standard InChI is InChI=1S/C10H15ClN4O3/c1-5(16)13-3-2-7(17)8(18)6-4-14-10(12)9(11)15-6/h4,7-8,17-18H,2-3H2,1H3,(H2,12,14)(H,13,16). The molecule has 1 heterocycles. The summed E-state index contributed by atoms with van der Waals surface area (Å²) < 4.78 is 0. The van der Waals surface area contributed by atoms with Crippen molar-refractivity contribution in [3.8, 4) is 0 Å². The maximum atomic E-state index is 10.6. The SMILES string of the molecule is CC(=O)NCCC(O)C(O)c1cnc(N)c(Cl)n1. The summed E-state index contributed by atoms with van der Waals surface area (Å²) in [6.45, 7) is 1.62. The molecule has 18 heavy (non-hydrogen) atoms. The third-order valence-corrected chi connectivity index (χ3v) is 2.53. The smallest absolute Gasteiger partial charge is 0.216 e. The summed E-state index contributed by atoms with van der Waals surface area (Å²) in [7, 11) is 0. The van der Waals surface area contributed by atoms with E-state index in [1.807, 2.05) is 0 Å². The molecule has 2 atom stereocenters. The zero-order chi connectivity index (χ0) is 13.7. The second-order valence-corrected chi connectivity index (χ2v) is 4.11. The molecular weight excluding hydrogens is 260 g/mol. The van der Waals surface area contributed by atoms with Gasteiger partial charge >= 0.3 is 0 Å². The van der Waals surface area contributed by atoms with Gasteiger partial charge in [0.05, 0.1) is 18.0 Å². The van der Waals surface area contributed by atoms with Crippen molar-refractivity contribution < 1.29 is 15.0 Å². The Morgan fingerprint density at radius 2 is 2.28 bits per heavy atom. The van der Waals surface area contributed by atoms with E-state index in [9.17, 15) is 15.0 Å². The van der Waals surface area contributed by atoms with E-state index in [-0.39, 0.29) is 35.5 Å². The van der Waals surface area contributed by atoms with E-state index in [1.54, 1.807) is 0 Å². The van der Waals surface area contributed by atoms with Crippen LogP contribution in [-0.4, -0.2) is 38.7 Å². The summed E-state index contributed by atoms with van der Waals surface area (Å²) in [6.07, 6.45) is -0.882. The summed E-state index contributed by atoms with van der Waals surface area (Å²) in [5.41, 5.74) is 5.51. The van der Waals surface area contributed by atoms with E-state index in [2.05, 4.69) is 15.3 Å². The summed E-state index contributed by atoms with van der Waals surface area (Å²) in [6, 6.07) is 0. The fourth-order valence-electron chi connectivity index (χ4n) is 1.28. The molecule has 2 unspecified atom stereocenters. The molecular formula is C10H15ClN4O3. The lowest BCUT2D eigenvalue weighted by Gasteiger charge is -2.17. The highest BCUT2D eigenvalue weighted by Crippen LogP contribution is 2.20. The Morgan fingerprint density at radius 3 is 2.83 bits per heavy atom. The largest absolute Gasteiger partial charge is 0.390 e. The van der Waals surface area contributed by atoms with Gasteiger partial charge in [-0.15, -0.1) is 0 Å². The van der Waals surface area contributed by atoms with Crippen molar-refractivity contribution in [3.63, 3.8) is 0 Å². The van der Waals surface area contributed by atoms with E-state index in [0.29, 0.717) is 0 Å². The number of nitrogens with one attached hydrogen (secondary N) is 1. The minimum atomic E-state index is -1.23. The molecule has 7 nitrogen and oxygen atoms in total. The lowest BCUT2D eigenvalue weighted by molar-refractivity contribution is -0.119. The molecule has 100 valence electrons. The summed E-state index contributed by atoms with van der Waals surface area (Å²) in [5.74, 6) is -0.146. The molecule has 1 aromatic rings. The number of nitrogens with two attached hydrogens (primary N) is 1. The fraction of sp³-hybridized carbons (Fsp3) is 0.500. The minimum absolute atomic E-state index is 0.0272. The maximum absolute atomic E-state index is 10.6. The fourth-order valence-corrected chi connectivity index (χ4v) is 1.43. The average Bonchev–Trinajstić information content (AvgIpc) is 2.31. The number of hydrogen-bond donors (Lipinski definition) is 4. The van der Waals surface area contributed by atoms with Crippen molar-refractivity contribution in [3.05, 3.63) is 17.0 Å². The van der Waals surface area contributed by atoms with Gasteiger partial charge in [0.15, 0.2) is 11.0 Å². The number of aliphatic hydroxyl groups excluding tert-OH is 2. The number of hydrogen-bond acceptors (Lipinski definition) is 6. The zero-order valence-electron chi connectivity index (χ0n) is 9.80. The molecule has 0 spiro atoms. The summed E-state index contributed by atoms with van der Waals surface area (Å²) >= 11 is 5.66. The predicted molar refractivity (Wildman–Crippen MR) is 65.7 cm³/mol. The Labute approximate surface area is 109 Å². The van der Waals surface area contributed by atoms with Crippen molar-refractivity contribution in [2.45, 2.75) is 25.6 Å². The number of carbonyl (C=O) groups excluding carboxylic acids is 1. The average molecular weight is 275 g/mol. The lowest BCUT2D eigenvalue weighted by atomic mass is 10.1. The number of anilines is 1. The second-order valence-electron chi connectivity index (χ2n) is 3.75. The molecule has 1 rings (SSSR count). The Hall–Kier alpha value is -1.44. The molecule has 8 heteroatoms. The molecule has 0 aliphatic heterocycles. The van der Waals surface area contributed by atoms with Crippen LogP contribution in [0.4, 0.5) is 5.82 Å². The van der Waals surface area contributed by atoms with Gasteiger partial charge in [-0.05, 0) is 6.42 Å². The third-order valence-electron chi connectivity index (χ3n) is 2.26. The molecule has 1 amide bonds. The first kappa shape index (κ1) is 14.6. The Balaban J connectivity index is 2.59. The van der Waals surface area contributed by atoms with Gasteiger partial charge in [0.2, 0.25) is 5.91 Å². The van der Waals surface area contributed by atoms with Crippen molar-refractivity contribution in [2.75, 3.05) is 12.3 Å². The first-order valence-electron chi connectivity index (χ1n) is 5.30. The van der Waals surface area contributed by atoms with Gasteiger partial charge in [-0.2, -0.15) is 0 Å². The number of amides is 1. The highest BCUT2D eigenvalue weighted by atomic mass is 35.5. The number of rotatable bonds is 5. The predicted octanol–water partition coefficient (Wildman–Crippen LogP) is -0.367. The van der Waals surface area contributed by atoms with Crippen LogP contribution in [0.25, 0.3) is 0 Å². The molecule has 0 aliphatic carbocycles. The molecule has 0 aliphatic rings. The van der Waals surface area contributed by atoms with Gasteiger partial charge < -0.3 is 21.3 Å². The molecule has 5 N–H and O–H groups in total. The van der Waals surface area contributed by atoms with Crippen molar-refractivity contribution in [1.82, 2.24) is 15.3 Å². The maximum Gasteiger partial charge on any atom is 0.216 e. The Kier molecular flexibility index (Phi) is 5.26. The van der Waals surface area contributed by atoms with Crippen LogP contribution in [0.15, 0.2) is 6.20 Å². The molecule has 0 fully saturated rings. The quantitative estimate of drug-likeness (QED) is 0.581. The van der Waals surface area contributed by atoms with Crippen LogP contribution in [0.5, 0.6) is 0 Å². The number of nitrogens with zero attached hydrogens (tertiary/aromatic N) is 2. The van der Waals surface area contributed by atoms with Crippen LogP contribution in [0.3, 0.4) is 0 Å². The topological polar surface area (TPSA) is 121 Å². The summed E-state index contributed by atoms with van der Waals surface area (Å²) in [5, 5.41) is 22.0. The first-order valence-corrected chi connectivity index (χ1v) is 5.68. The number of carbonyl (C=O) groups is 1. The van der Waals surface area contributed by atoms with E-state index in [4.69, 9.17) is 17.3 Å². The Morgan fingerprint density at radius 1 is 1.61 bits per heavy atom. The number of aromatic nitrogens is 2. The van der Waals surface area contributed by atoms with Gasteiger partial charge in [0, 0.05) is 13.5 Å². The number of nitrogen functional groups attached to an aromatic ring is 1. The number of aliphatic hydroxyl groups is 2. The van der Waals surface area contributed by atoms with Crippen LogP contribution in [0.1, 0.15) is 25.1 Å². The molecule has 0 bridgehead atoms. The molecule has 0 saturated heterocycles. The van der Waals surface area contributed by atoms with Crippen LogP contribution >= 0.6 is 11.6 Å². The lowest BCUT2D eigenvalue weighted by Crippen LogP contribution is -2.28. The van der Waals surface area contributed by atoms with Crippen LogP contribution in [0.2, 0.25) is 5.15 Å². The number of halogens is 1. The van der Waals surface area contributed by atoms with Crippen molar-refractivity contribution in [1.29, 1.82) is 0 Å². The minimum Gasteiger partial charge on any atom is -0.390 e. The normalized spacial score (nSPS) is 14.0. The van der Waals surface area contributed by atoms with E-state index < -0.39 is 12.2 Å². The third kappa shape index (κ3) is 4.10. The first-order chi connectivity index (χ1) is 8.41. The summed E-state index contributed by atoms with van der Waals surface area (Å²) in [4.78, 5) is 18.2. The highest BCUT2D eigenvalue weighted by Gasteiger charge is 2.20. The molecule has 0 saturated carbocycles. The van der Waals surface area contributed by atoms with Gasteiger partial charge in [-0.1, -0.05) is 11.6 Å².